The molecule has 0 amide bonds. The second kappa shape index (κ2) is 6.76. The summed E-state index contributed by atoms with van der Waals surface area (Å²) in [4.78, 5) is 0.949. The Labute approximate surface area is 114 Å². The summed E-state index contributed by atoms with van der Waals surface area (Å²) in [6, 6.07) is 3.35. The van der Waals surface area contributed by atoms with E-state index in [1.54, 1.807) is 25.3 Å². The summed E-state index contributed by atoms with van der Waals surface area (Å²) < 4.78 is 37.8. The quantitative estimate of drug-likeness (QED) is 0.758. The smallest absolute Gasteiger partial charge is 0.250 e. The Morgan fingerprint density at radius 1 is 1.50 bits per heavy atom. The molecule has 2 unspecified atom stereocenters. The van der Waals surface area contributed by atoms with E-state index in [1.807, 2.05) is 0 Å². The van der Waals surface area contributed by atoms with Gasteiger partial charge in [0.15, 0.2) is 0 Å². The van der Waals surface area contributed by atoms with Crippen LogP contribution in [0.25, 0.3) is 0 Å². The summed E-state index contributed by atoms with van der Waals surface area (Å²) in [6.45, 7) is 2.42. The lowest BCUT2D eigenvalue weighted by atomic mass is 10.3. The van der Waals surface area contributed by atoms with Crippen LogP contribution in [-0.2, 0) is 27.2 Å². The van der Waals surface area contributed by atoms with Gasteiger partial charge in [0.25, 0.3) is 0 Å². The van der Waals surface area contributed by atoms with E-state index >= 15 is 0 Å². The van der Waals surface area contributed by atoms with Crippen LogP contribution in [0, 0.1) is 0 Å². The molecule has 0 bridgehead atoms. The molecule has 0 fully saturated rings. The Kier molecular flexibility index (Phi) is 5.93. The highest BCUT2D eigenvalue weighted by atomic mass is 32.2. The summed E-state index contributed by atoms with van der Waals surface area (Å²) in [5.74, 6) is 0. The zero-order valence-electron chi connectivity index (χ0n) is 10.4. The summed E-state index contributed by atoms with van der Waals surface area (Å²) in [7, 11) is -4.53. The fourth-order valence-corrected chi connectivity index (χ4v) is 4.16. The molecule has 0 aliphatic carbocycles. The van der Waals surface area contributed by atoms with Crippen molar-refractivity contribution in [3.05, 3.63) is 17.0 Å². The van der Waals surface area contributed by atoms with Gasteiger partial charge in [-0.2, -0.15) is 0 Å². The SMILES string of the molecule is CC(CNS(=O)(=O)c1ccc(CCN)s1)S(C)=O. The Morgan fingerprint density at radius 2 is 2.17 bits per heavy atom. The average molecular weight is 310 g/mol. The average Bonchev–Trinajstić information content (AvgIpc) is 2.75. The van der Waals surface area contributed by atoms with E-state index in [0.29, 0.717) is 13.0 Å². The number of hydrogen-bond acceptors (Lipinski definition) is 5. The number of nitrogens with one attached hydrogen (secondary N) is 1. The molecular formula is C10H18N2O3S3. The normalized spacial score (nSPS) is 15.5. The van der Waals surface area contributed by atoms with Crippen molar-refractivity contribution in [3.63, 3.8) is 0 Å². The predicted molar refractivity (Wildman–Crippen MR) is 75.8 cm³/mol. The van der Waals surface area contributed by atoms with Gasteiger partial charge in [-0.15, -0.1) is 11.3 Å². The lowest BCUT2D eigenvalue weighted by Gasteiger charge is -2.09. The van der Waals surface area contributed by atoms with Gasteiger partial charge < -0.3 is 5.73 Å². The van der Waals surface area contributed by atoms with E-state index in [-0.39, 0.29) is 16.0 Å². The highest BCUT2D eigenvalue weighted by Gasteiger charge is 2.18. The maximum atomic E-state index is 11.9. The van der Waals surface area contributed by atoms with E-state index in [1.165, 1.54) is 11.3 Å². The minimum Gasteiger partial charge on any atom is -0.330 e. The van der Waals surface area contributed by atoms with E-state index in [0.717, 1.165) is 4.88 Å². The van der Waals surface area contributed by atoms with Gasteiger partial charge >= 0.3 is 0 Å². The van der Waals surface area contributed by atoms with Gasteiger partial charge in [-0.3, -0.25) is 4.21 Å². The van der Waals surface area contributed by atoms with Crippen LogP contribution in [0.4, 0.5) is 0 Å². The van der Waals surface area contributed by atoms with Gasteiger partial charge in [0, 0.05) is 33.7 Å². The highest BCUT2D eigenvalue weighted by Crippen LogP contribution is 2.21. The molecule has 3 N–H and O–H groups in total. The number of nitrogens with two attached hydrogens (primary N) is 1. The lowest BCUT2D eigenvalue weighted by molar-refractivity contribution is 0.583. The number of thiophene rings is 1. The molecule has 0 aliphatic heterocycles. The third kappa shape index (κ3) is 4.43. The van der Waals surface area contributed by atoms with Crippen LogP contribution < -0.4 is 10.5 Å². The Bertz CT molecular complexity index is 510. The minimum absolute atomic E-state index is 0.176. The van der Waals surface area contributed by atoms with Crippen molar-refractivity contribution < 1.29 is 12.6 Å². The molecule has 18 heavy (non-hydrogen) atoms. The van der Waals surface area contributed by atoms with E-state index in [4.69, 9.17) is 5.73 Å². The second-order valence-corrected chi connectivity index (χ2v) is 8.88. The summed E-state index contributed by atoms with van der Waals surface area (Å²) in [5.41, 5.74) is 5.42. The standard InChI is InChI=1S/C10H18N2O3S3/c1-8(17(2)13)7-12-18(14,15)10-4-3-9(16-10)5-6-11/h3-4,8,12H,5-7,11H2,1-2H3. The van der Waals surface area contributed by atoms with Crippen molar-refractivity contribution in [2.45, 2.75) is 22.8 Å². The van der Waals surface area contributed by atoms with Crippen LogP contribution in [0.3, 0.4) is 0 Å². The van der Waals surface area contributed by atoms with E-state index < -0.39 is 20.8 Å². The second-order valence-electron chi connectivity index (χ2n) is 3.92. The number of hydrogen-bond donors (Lipinski definition) is 2. The molecule has 5 nitrogen and oxygen atoms in total. The fraction of sp³-hybridized carbons (Fsp3) is 0.600. The van der Waals surface area contributed by atoms with Crippen LogP contribution in [0.5, 0.6) is 0 Å². The molecule has 1 aromatic rings. The molecule has 0 saturated carbocycles. The van der Waals surface area contributed by atoms with Gasteiger partial charge in [-0.05, 0) is 32.0 Å². The van der Waals surface area contributed by atoms with Crippen molar-refractivity contribution in [2.75, 3.05) is 19.3 Å². The van der Waals surface area contributed by atoms with Gasteiger partial charge in [-0.25, -0.2) is 13.1 Å². The third-order valence-electron chi connectivity index (χ3n) is 2.42. The van der Waals surface area contributed by atoms with Crippen LogP contribution in [-0.4, -0.2) is 37.2 Å². The molecule has 104 valence electrons. The molecule has 1 heterocycles. The molecular weight excluding hydrogens is 292 g/mol. The van der Waals surface area contributed by atoms with Crippen molar-refractivity contribution >= 4 is 32.2 Å². The first-order chi connectivity index (χ1) is 8.36. The number of rotatable bonds is 7. The minimum atomic E-state index is -3.49. The van der Waals surface area contributed by atoms with Gasteiger partial charge in [0.05, 0.1) is 0 Å². The molecule has 0 spiro atoms. The van der Waals surface area contributed by atoms with Gasteiger partial charge in [0.1, 0.15) is 4.21 Å². The summed E-state index contributed by atoms with van der Waals surface area (Å²) in [6.07, 6.45) is 2.24. The molecule has 1 aromatic heterocycles. The van der Waals surface area contributed by atoms with Crippen LogP contribution in [0.1, 0.15) is 11.8 Å². The third-order valence-corrected chi connectivity index (χ3v) is 6.78. The maximum Gasteiger partial charge on any atom is 0.250 e. The van der Waals surface area contributed by atoms with Crippen molar-refractivity contribution in [2.24, 2.45) is 5.73 Å². The molecule has 0 radical (unpaired) electrons. The molecule has 0 saturated heterocycles. The predicted octanol–water partition coefficient (Wildman–Crippen LogP) is 0.295. The zero-order chi connectivity index (χ0) is 13.8. The highest BCUT2D eigenvalue weighted by molar-refractivity contribution is 7.91. The molecule has 1 rings (SSSR count). The first-order valence-corrected chi connectivity index (χ1v) is 9.39. The van der Waals surface area contributed by atoms with E-state index in [9.17, 15) is 12.6 Å². The first kappa shape index (κ1) is 15.8. The monoisotopic (exact) mass is 310 g/mol. The largest absolute Gasteiger partial charge is 0.330 e. The molecule has 0 aromatic carbocycles. The molecule has 0 aliphatic rings. The van der Waals surface area contributed by atoms with Crippen LogP contribution in [0.2, 0.25) is 0 Å². The zero-order valence-corrected chi connectivity index (χ0v) is 12.8. The van der Waals surface area contributed by atoms with Crippen molar-refractivity contribution in [1.29, 1.82) is 0 Å². The van der Waals surface area contributed by atoms with Crippen molar-refractivity contribution in [3.8, 4) is 0 Å². The van der Waals surface area contributed by atoms with Crippen molar-refractivity contribution in [1.82, 2.24) is 4.72 Å². The van der Waals surface area contributed by atoms with Gasteiger partial charge in [-0.1, -0.05) is 0 Å². The lowest BCUT2D eigenvalue weighted by Crippen LogP contribution is -2.32. The topological polar surface area (TPSA) is 89.3 Å². The van der Waals surface area contributed by atoms with Crippen LogP contribution in [0.15, 0.2) is 16.3 Å². The number of sulfonamides is 1. The summed E-state index contributed by atoms with van der Waals surface area (Å²) >= 11 is 1.22. The Balaban J connectivity index is 2.70. The Hall–Kier alpha value is -0.280. The fourth-order valence-electron chi connectivity index (χ4n) is 1.19. The molecule has 8 heteroatoms. The van der Waals surface area contributed by atoms with Gasteiger partial charge in [0.2, 0.25) is 10.0 Å². The van der Waals surface area contributed by atoms with Crippen LogP contribution >= 0.6 is 11.3 Å². The maximum absolute atomic E-state index is 11.9. The Morgan fingerprint density at radius 3 is 2.72 bits per heavy atom. The van der Waals surface area contributed by atoms with E-state index in [2.05, 4.69) is 4.72 Å². The summed E-state index contributed by atoms with van der Waals surface area (Å²) in [5, 5.41) is -0.205. The molecule has 2 atom stereocenters. The first-order valence-electron chi connectivity index (χ1n) is 5.47.